The van der Waals surface area contributed by atoms with Gasteiger partial charge in [0.25, 0.3) is 17.7 Å². The van der Waals surface area contributed by atoms with Gasteiger partial charge < -0.3 is 101 Å². The van der Waals surface area contributed by atoms with Crippen LogP contribution in [0.15, 0.2) is 158 Å². The summed E-state index contributed by atoms with van der Waals surface area (Å²) in [5.74, 6) is -3.90. The number of nitrogens with one attached hydrogen (secondary N) is 3. The largest absolute Gasteiger partial charge is 0.497 e. The predicted octanol–water partition coefficient (Wildman–Crippen LogP) is 12.3. The molecule has 692 valence electrons. The molecule has 1 fully saturated rings. The lowest BCUT2D eigenvalue weighted by Crippen LogP contribution is -2.47. The average Bonchev–Trinajstić information content (AvgIpc) is 1.17. The Morgan fingerprint density at radius 3 is 1.05 bits per heavy atom. The van der Waals surface area contributed by atoms with Gasteiger partial charge in [-0.3, -0.25) is 28.8 Å². The monoisotopic (exact) mass is 1780 g/mol. The van der Waals surface area contributed by atoms with Crippen LogP contribution in [0, 0.1) is 23.7 Å². The molecule has 9 rings (SSSR count). The summed E-state index contributed by atoms with van der Waals surface area (Å²) in [6.45, 7) is 13.9. The minimum Gasteiger partial charge on any atom is -0.497 e. The Labute approximate surface area is 750 Å². The molecule has 1 saturated carbocycles. The fourth-order valence-electron chi connectivity index (χ4n) is 13.8. The van der Waals surface area contributed by atoms with Gasteiger partial charge in [0.05, 0.1) is 80.9 Å². The molecule has 3 heterocycles. The maximum absolute atomic E-state index is 14.2. The number of benzene rings is 5. The SMILES string of the molecule is CC[C@H](NC(=O)c1nccc(OC)c1OCOC(=O)CCOc1ccc(CC(Cc2ccc(OC)cc2)[C@H](C)OC(=O)[C@H](C)NC(=O)c2nccc(OC)c2OCOC(C)=O)cc1)C(=O)O[C@@H](C)C(Cc1ccc(OC)cc1)Cc1ccc(OCCC(=O)OCOc2c(OC)ccnc2C(=O)N[C@@H](C)C(=O)O[C@@H](C)[C@H](Cc2ccc(OC)cc2)C(C)(C)OCC2CC2)cc1. The Morgan fingerprint density at radius 1 is 0.395 bits per heavy atom. The molecule has 8 aromatic rings. The van der Waals surface area contributed by atoms with E-state index >= 15 is 0 Å². The highest BCUT2D eigenvalue weighted by atomic mass is 16.7. The van der Waals surface area contributed by atoms with Gasteiger partial charge in [0, 0.05) is 61.5 Å². The molecule has 3 aromatic heterocycles. The maximum Gasteiger partial charge on any atom is 0.328 e. The molecule has 0 radical (unpaired) electrons. The van der Waals surface area contributed by atoms with Crippen molar-refractivity contribution in [2.75, 3.05) is 82.9 Å². The van der Waals surface area contributed by atoms with Gasteiger partial charge >= 0.3 is 35.8 Å². The van der Waals surface area contributed by atoms with E-state index in [2.05, 4.69) is 30.9 Å². The summed E-state index contributed by atoms with van der Waals surface area (Å²) in [5, 5.41) is 8.00. The molecule has 3 amide bonds. The Hall–Kier alpha value is -13.5. The van der Waals surface area contributed by atoms with Crippen molar-refractivity contribution in [3.8, 4) is 63.2 Å². The minimum absolute atomic E-state index is 0.0744. The fourth-order valence-corrected chi connectivity index (χ4v) is 13.8. The Bertz CT molecular complexity index is 5000. The van der Waals surface area contributed by atoms with E-state index in [9.17, 15) is 43.2 Å². The first-order valence-electron chi connectivity index (χ1n) is 42.4. The van der Waals surface area contributed by atoms with Crippen molar-refractivity contribution in [3.63, 3.8) is 0 Å². The molecule has 0 bridgehead atoms. The van der Waals surface area contributed by atoms with Crippen molar-refractivity contribution in [1.82, 2.24) is 30.9 Å². The molecule has 2 unspecified atom stereocenters. The topological polar surface area (TPSA) is 395 Å². The standard InChI is InChI=1S/C96H116N6O27/c1-16-78(102-92(108)86-89(81(117-15)41-46-99-86)125-57-122-83(105)43-48-118-75-35-25-66(26-36-75)51-70(49-64-19-29-72(112-10)30-20-64)60(4)127-93(109)58(2)100-90(106)84-87(123-55-120-63(7)103)79(115-13)39-44-97-84)95(111)128-61(5)71(50-65-21-31-73(113-11)32-22-65)52-67-27-37-76(38-28-67)119-47-42-82(104)121-56-124-88-80(116-14)40-45-98-85(88)91(107)101-59(3)94(110)129-62(6)77(96(8,9)126-54-69-17-18-69)53-68-23-33-74(114-12)34-24-68/h19-41,44-46,58-62,69-71,77-78H,16-18,42-43,47-57H2,1-15H3,(H,100,106)(H,101,107)(H,102,108)/t58-,59-,60-,61-,62-,70?,71?,77-,78-/m0/s1. The van der Waals surface area contributed by atoms with Crippen molar-refractivity contribution in [1.29, 1.82) is 0 Å². The Balaban J connectivity index is 0.726. The van der Waals surface area contributed by atoms with Crippen molar-refractivity contribution >= 4 is 53.5 Å². The number of hydrogen-bond acceptors (Lipinski definition) is 30. The Morgan fingerprint density at radius 2 is 0.721 bits per heavy atom. The van der Waals surface area contributed by atoms with Crippen LogP contribution >= 0.6 is 0 Å². The second-order valence-electron chi connectivity index (χ2n) is 31.3. The number of rotatable bonds is 53. The van der Waals surface area contributed by atoms with Crippen LogP contribution in [0.4, 0.5) is 0 Å². The lowest BCUT2D eigenvalue weighted by molar-refractivity contribution is -0.161. The highest BCUT2D eigenvalue weighted by molar-refractivity contribution is 5.99. The van der Waals surface area contributed by atoms with E-state index in [0.717, 1.165) is 46.4 Å². The molecule has 33 nitrogen and oxygen atoms in total. The third-order valence-electron chi connectivity index (χ3n) is 21.6. The molecule has 1 aliphatic rings. The van der Waals surface area contributed by atoms with E-state index in [0.29, 0.717) is 67.6 Å². The first kappa shape index (κ1) is 99.3. The van der Waals surface area contributed by atoms with E-state index in [1.54, 1.807) is 66.4 Å². The molecule has 0 spiro atoms. The van der Waals surface area contributed by atoms with Crippen LogP contribution in [0.2, 0.25) is 0 Å². The normalized spacial score (nSPS) is 13.8. The van der Waals surface area contributed by atoms with E-state index in [1.165, 1.54) is 78.9 Å². The van der Waals surface area contributed by atoms with Crippen molar-refractivity contribution in [3.05, 3.63) is 203 Å². The predicted molar refractivity (Wildman–Crippen MR) is 469 cm³/mol. The smallest absolute Gasteiger partial charge is 0.328 e. The highest BCUT2D eigenvalue weighted by Gasteiger charge is 2.40. The van der Waals surface area contributed by atoms with Gasteiger partial charge in [-0.25, -0.2) is 29.3 Å². The summed E-state index contributed by atoms with van der Waals surface area (Å²) in [6, 6.07) is 38.1. The first-order chi connectivity index (χ1) is 62.0. The van der Waals surface area contributed by atoms with Crippen molar-refractivity contribution in [2.45, 2.75) is 169 Å². The number of nitrogens with zero attached hydrogens (tertiary/aromatic N) is 3. The van der Waals surface area contributed by atoms with Crippen LogP contribution in [-0.4, -0.2) is 193 Å². The minimum atomic E-state index is -1.16. The lowest BCUT2D eigenvalue weighted by Gasteiger charge is -2.38. The van der Waals surface area contributed by atoms with Crippen LogP contribution < -0.4 is 68.1 Å². The molecule has 5 aromatic carbocycles. The summed E-state index contributed by atoms with van der Waals surface area (Å²) in [6.07, 6.45) is 6.31. The van der Waals surface area contributed by atoms with Gasteiger partial charge in [-0.15, -0.1) is 0 Å². The summed E-state index contributed by atoms with van der Waals surface area (Å²) in [7, 11) is 8.83. The van der Waals surface area contributed by atoms with Crippen LogP contribution in [0.1, 0.15) is 154 Å². The second-order valence-corrected chi connectivity index (χ2v) is 31.3. The quantitative estimate of drug-likeness (QED) is 0.0181. The number of aromatic nitrogens is 3. The molecule has 129 heavy (non-hydrogen) atoms. The van der Waals surface area contributed by atoms with E-state index in [4.69, 9.17) is 85.3 Å². The maximum atomic E-state index is 14.2. The molecule has 33 heteroatoms. The number of pyridine rings is 3. The van der Waals surface area contributed by atoms with Gasteiger partial charge in [0.15, 0.2) is 51.6 Å². The zero-order valence-corrected chi connectivity index (χ0v) is 75.5. The summed E-state index contributed by atoms with van der Waals surface area (Å²) in [4.78, 5) is 133. The number of carbonyl (C=O) groups is 9. The van der Waals surface area contributed by atoms with Crippen LogP contribution in [0.5, 0.6) is 63.2 Å². The second kappa shape index (κ2) is 49.6. The summed E-state index contributed by atoms with van der Waals surface area (Å²) >= 11 is 0. The molecular weight excluding hydrogens is 1670 g/mol. The van der Waals surface area contributed by atoms with Crippen molar-refractivity contribution in [2.24, 2.45) is 23.7 Å². The van der Waals surface area contributed by atoms with Gasteiger partial charge in [-0.2, -0.15) is 0 Å². The third-order valence-corrected chi connectivity index (χ3v) is 21.6. The van der Waals surface area contributed by atoms with Gasteiger partial charge in [-0.05, 0) is 194 Å². The van der Waals surface area contributed by atoms with Crippen molar-refractivity contribution < 1.29 is 128 Å². The summed E-state index contributed by atoms with van der Waals surface area (Å²) < 4.78 is 102. The number of ether oxygens (including phenoxy) is 18. The number of carbonyl (C=O) groups excluding carboxylic acids is 9. The van der Waals surface area contributed by atoms with Gasteiger partial charge in [-0.1, -0.05) is 67.6 Å². The van der Waals surface area contributed by atoms with E-state index in [1.807, 2.05) is 118 Å². The third kappa shape index (κ3) is 30.7. The molecule has 9 atom stereocenters. The molecule has 1 aliphatic carbocycles. The number of hydrogen-bond donors (Lipinski definition) is 3. The van der Waals surface area contributed by atoms with Crippen LogP contribution in [0.25, 0.3) is 0 Å². The zero-order valence-electron chi connectivity index (χ0n) is 75.5. The number of methoxy groups -OCH3 is 6. The highest BCUT2D eigenvalue weighted by Crippen LogP contribution is 2.38. The van der Waals surface area contributed by atoms with E-state index < -0.39 is 116 Å². The van der Waals surface area contributed by atoms with Crippen LogP contribution in [0.3, 0.4) is 0 Å². The van der Waals surface area contributed by atoms with E-state index in [-0.39, 0.29) is 102 Å². The fraction of sp³-hybridized carbons (Fsp3) is 0.438. The van der Waals surface area contributed by atoms with Crippen LogP contribution in [-0.2, 0) is 94.0 Å². The molecular formula is C96H116N6O27. The van der Waals surface area contributed by atoms with Gasteiger partial charge in [0.2, 0.25) is 20.4 Å². The Kier molecular flexibility index (Phi) is 38.2. The lowest BCUT2D eigenvalue weighted by atomic mass is 9.81. The number of amides is 3. The van der Waals surface area contributed by atoms with Gasteiger partial charge in [0.1, 0.15) is 65.2 Å². The number of esters is 6. The summed E-state index contributed by atoms with van der Waals surface area (Å²) in [5.41, 5.74) is 3.25. The average molecular weight is 1790 g/mol. The first-order valence-corrected chi connectivity index (χ1v) is 42.4. The molecule has 3 N–H and O–H groups in total. The molecule has 0 saturated heterocycles. The zero-order chi connectivity index (χ0) is 93.1. The molecule has 0 aliphatic heterocycles.